The van der Waals surface area contributed by atoms with Crippen LogP contribution in [0.5, 0.6) is 0 Å². The molecule has 4 heteroatoms. The number of aromatic amines is 1. The van der Waals surface area contributed by atoms with Gasteiger partial charge in [-0.2, -0.15) is 4.99 Å². The first kappa shape index (κ1) is 9.06. The van der Waals surface area contributed by atoms with Gasteiger partial charge in [0, 0.05) is 5.56 Å². The number of fused-ring (bicyclic) bond motifs is 1. The first-order valence-corrected chi connectivity index (χ1v) is 4.66. The molecule has 14 heavy (non-hydrogen) atoms. The van der Waals surface area contributed by atoms with Crippen molar-refractivity contribution in [2.45, 2.75) is 13.8 Å². The lowest BCUT2D eigenvalue weighted by molar-refractivity contribution is 1.33. The van der Waals surface area contributed by atoms with Crippen LogP contribution < -0.4 is 0 Å². The molecule has 0 radical (unpaired) electrons. The van der Waals surface area contributed by atoms with Crippen LogP contribution in [0.15, 0.2) is 17.4 Å². The number of hydrogen-bond donors (Lipinski definition) is 1. The van der Waals surface area contributed by atoms with E-state index in [0.29, 0.717) is 0 Å². The summed E-state index contributed by atoms with van der Waals surface area (Å²) in [6.45, 7) is 4.00. The minimum Gasteiger partial charge on any atom is -0.344 e. The van der Waals surface area contributed by atoms with E-state index in [1.807, 2.05) is 19.9 Å². The van der Waals surface area contributed by atoms with Crippen molar-refractivity contribution < 1.29 is 0 Å². The number of imidazole rings is 1. The van der Waals surface area contributed by atoms with Crippen molar-refractivity contribution in [2.75, 3.05) is 0 Å². The Kier molecular flexibility index (Phi) is 2.15. The normalized spacial score (nSPS) is 10.1. The summed E-state index contributed by atoms with van der Waals surface area (Å²) in [6.07, 6.45) is 1.69. The third-order valence-corrected chi connectivity index (χ3v) is 2.38. The number of hydrogen-bond acceptors (Lipinski definition) is 3. The molecule has 0 atom stereocenters. The number of nitrogens with zero attached hydrogens (tertiary/aromatic N) is 2. The average molecular weight is 203 g/mol. The highest BCUT2D eigenvalue weighted by atomic mass is 32.1. The zero-order chi connectivity index (χ0) is 10.1. The molecule has 0 bridgehead atoms. The molecule has 0 saturated heterocycles. The zero-order valence-corrected chi connectivity index (χ0v) is 8.77. The number of rotatable bonds is 1. The highest BCUT2D eigenvalue weighted by molar-refractivity contribution is 7.78. The highest BCUT2D eigenvalue weighted by Gasteiger charge is 2.07. The van der Waals surface area contributed by atoms with Crippen molar-refractivity contribution in [3.05, 3.63) is 23.5 Å². The van der Waals surface area contributed by atoms with Crippen LogP contribution in [0, 0.1) is 13.8 Å². The SMILES string of the molecule is Cc1c(N=C=S)cc(C)c2[nH]cnc12. The first-order valence-electron chi connectivity index (χ1n) is 4.25. The van der Waals surface area contributed by atoms with E-state index in [1.54, 1.807) is 6.33 Å². The lowest BCUT2D eigenvalue weighted by atomic mass is 10.1. The third-order valence-electron chi connectivity index (χ3n) is 2.29. The molecule has 0 spiro atoms. The molecule has 1 aromatic carbocycles. The standard InChI is InChI=1S/C10H9N3S/c1-6-3-8(13-5-14)7(2)10-9(6)11-4-12-10/h3-4H,1-2H3,(H,11,12). The van der Waals surface area contributed by atoms with E-state index in [0.717, 1.165) is 27.8 Å². The van der Waals surface area contributed by atoms with Gasteiger partial charge in [0.25, 0.3) is 0 Å². The number of isothiocyanates is 1. The molecule has 1 aromatic heterocycles. The predicted octanol–water partition coefficient (Wildman–Crippen LogP) is 2.91. The number of aryl methyl sites for hydroxylation is 2. The molecule has 0 aliphatic rings. The number of H-pyrrole nitrogens is 1. The fourth-order valence-corrected chi connectivity index (χ4v) is 1.65. The van der Waals surface area contributed by atoms with Gasteiger partial charge in [-0.3, -0.25) is 0 Å². The van der Waals surface area contributed by atoms with Crippen LogP contribution in [0.4, 0.5) is 5.69 Å². The van der Waals surface area contributed by atoms with E-state index in [4.69, 9.17) is 0 Å². The van der Waals surface area contributed by atoms with Gasteiger partial charge in [-0.15, -0.1) is 0 Å². The Morgan fingerprint density at radius 3 is 3.00 bits per heavy atom. The third kappa shape index (κ3) is 1.25. The summed E-state index contributed by atoms with van der Waals surface area (Å²) in [5.74, 6) is 0. The van der Waals surface area contributed by atoms with E-state index in [1.165, 1.54) is 0 Å². The van der Waals surface area contributed by atoms with Gasteiger partial charge >= 0.3 is 0 Å². The maximum Gasteiger partial charge on any atom is 0.0936 e. The first-order chi connectivity index (χ1) is 6.74. The Morgan fingerprint density at radius 1 is 1.50 bits per heavy atom. The average Bonchev–Trinajstić information content (AvgIpc) is 2.63. The van der Waals surface area contributed by atoms with Crippen molar-refractivity contribution in [3.8, 4) is 0 Å². The van der Waals surface area contributed by atoms with Crippen molar-refractivity contribution in [3.63, 3.8) is 0 Å². The highest BCUT2D eigenvalue weighted by Crippen LogP contribution is 2.27. The van der Waals surface area contributed by atoms with Gasteiger partial charge in [-0.1, -0.05) is 0 Å². The molecule has 0 aliphatic carbocycles. The minimum atomic E-state index is 0.845. The van der Waals surface area contributed by atoms with Crippen molar-refractivity contribution in [1.29, 1.82) is 0 Å². The molecular weight excluding hydrogens is 194 g/mol. The fourth-order valence-electron chi connectivity index (χ4n) is 1.55. The van der Waals surface area contributed by atoms with Crippen molar-refractivity contribution >= 4 is 34.1 Å². The van der Waals surface area contributed by atoms with Crippen molar-refractivity contribution in [2.24, 2.45) is 4.99 Å². The van der Waals surface area contributed by atoms with E-state index < -0.39 is 0 Å². The van der Waals surface area contributed by atoms with E-state index >= 15 is 0 Å². The molecule has 0 aliphatic heterocycles. The maximum absolute atomic E-state index is 4.59. The van der Waals surface area contributed by atoms with E-state index in [2.05, 4.69) is 32.3 Å². The Balaban J connectivity index is 2.88. The van der Waals surface area contributed by atoms with Crippen LogP contribution >= 0.6 is 12.2 Å². The summed E-state index contributed by atoms with van der Waals surface area (Å²) in [6, 6.07) is 1.98. The van der Waals surface area contributed by atoms with Gasteiger partial charge in [0.1, 0.15) is 0 Å². The van der Waals surface area contributed by atoms with E-state index in [9.17, 15) is 0 Å². The van der Waals surface area contributed by atoms with E-state index in [-0.39, 0.29) is 0 Å². The van der Waals surface area contributed by atoms with Gasteiger partial charge in [-0.25, -0.2) is 4.98 Å². The lowest BCUT2D eigenvalue weighted by Crippen LogP contribution is -1.82. The lowest BCUT2D eigenvalue weighted by Gasteiger charge is -2.02. The molecule has 0 unspecified atom stereocenters. The number of aliphatic imine (C=N–C) groups is 1. The predicted molar refractivity (Wildman–Crippen MR) is 60.3 cm³/mol. The largest absolute Gasteiger partial charge is 0.344 e. The zero-order valence-electron chi connectivity index (χ0n) is 7.96. The second-order valence-corrected chi connectivity index (χ2v) is 3.35. The molecule has 1 heterocycles. The maximum atomic E-state index is 4.59. The summed E-state index contributed by atoms with van der Waals surface area (Å²) >= 11 is 4.59. The second-order valence-electron chi connectivity index (χ2n) is 3.17. The Hall–Kier alpha value is -1.51. The Morgan fingerprint density at radius 2 is 2.29 bits per heavy atom. The summed E-state index contributed by atoms with van der Waals surface area (Å²) in [5, 5.41) is 2.38. The van der Waals surface area contributed by atoms with Gasteiger partial charge < -0.3 is 4.98 Å². The molecular formula is C10H9N3S. The number of thiocarbonyl (C=S) groups is 1. The van der Waals surface area contributed by atoms with Crippen LogP contribution in [0.25, 0.3) is 11.0 Å². The van der Waals surface area contributed by atoms with Gasteiger partial charge in [0.05, 0.1) is 28.2 Å². The minimum absolute atomic E-state index is 0.845. The number of nitrogens with one attached hydrogen (secondary N) is 1. The molecule has 0 saturated carbocycles. The molecule has 1 N–H and O–H groups in total. The summed E-state index contributed by atoms with van der Waals surface area (Å²) in [7, 11) is 0. The van der Waals surface area contributed by atoms with Gasteiger partial charge in [-0.05, 0) is 37.7 Å². The van der Waals surface area contributed by atoms with Gasteiger partial charge in [0.2, 0.25) is 0 Å². The van der Waals surface area contributed by atoms with Crippen LogP contribution in [0.1, 0.15) is 11.1 Å². The van der Waals surface area contributed by atoms with Crippen LogP contribution in [0.2, 0.25) is 0 Å². The topological polar surface area (TPSA) is 41.0 Å². The fraction of sp³-hybridized carbons (Fsp3) is 0.200. The van der Waals surface area contributed by atoms with Crippen LogP contribution in [0.3, 0.4) is 0 Å². The van der Waals surface area contributed by atoms with Crippen molar-refractivity contribution in [1.82, 2.24) is 9.97 Å². The molecule has 3 nitrogen and oxygen atoms in total. The smallest absolute Gasteiger partial charge is 0.0936 e. The summed E-state index contributed by atoms with van der Waals surface area (Å²) in [5.41, 5.74) is 5.01. The molecule has 2 aromatic rings. The molecule has 70 valence electrons. The summed E-state index contributed by atoms with van der Waals surface area (Å²) < 4.78 is 0. The monoisotopic (exact) mass is 203 g/mol. The molecule has 0 amide bonds. The Bertz CT molecular complexity index is 536. The number of aromatic nitrogens is 2. The number of benzene rings is 1. The van der Waals surface area contributed by atoms with Crippen LogP contribution in [-0.4, -0.2) is 15.1 Å². The van der Waals surface area contributed by atoms with Gasteiger partial charge in [0.15, 0.2) is 0 Å². The quantitative estimate of drug-likeness (QED) is 0.572. The van der Waals surface area contributed by atoms with Crippen LogP contribution in [-0.2, 0) is 0 Å². The Labute approximate surface area is 86.9 Å². The molecule has 2 rings (SSSR count). The summed E-state index contributed by atoms with van der Waals surface area (Å²) in [4.78, 5) is 11.4. The second kappa shape index (κ2) is 3.33. The molecule has 0 fully saturated rings.